The summed E-state index contributed by atoms with van der Waals surface area (Å²) in [5.41, 5.74) is 2.42. The summed E-state index contributed by atoms with van der Waals surface area (Å²) < 4.78 is 1.83. The fourth-order valence-electron chi connectivity index (χ4n) is 4.01. The molecular weight excluding hydrogens is 290 g/mol. The lowest BCUT2D eigenvalue weighted by Crippen LogP contribution is -2.40. The minimum atomic E-state index is 0.0479. The number of fused-ring (bicyclic) bond motifs is 1. The number of likely N-dealkylation sites (tertiary alicyclic amines) is 2. The molecule has 2 aromatic rings. The van der Waals surface area contributed by atoms with Crippen molar-refractivity contribution in [1.82, 2.24) is 24.7 Å². The van der Waals surface area contributed by atoms with Crippen LogP contribution in [-0.2, 0) is 6.54 Å². The zero-order chi connectivity index (χ0) is 15.9. The van der Waals surface area contributed by atoms with Gasteiger partial charge in [0.15, 0.2) is 0 Å². The molecule has 2 aliphatic heterocycles. The van der Waals surface area contributed by atoms with Gasteiger partial charge in [0.25, 0.3) is 0 Å². The molecule has 1 unspecified atom stereocenters. The summed E-state index contributed by atoms with van der Waals surface area (Å²) in [6.45, 7) is 4.55. The molecule has 2 saturated heterocycles. The van der Waals surface area contributed by atoms with Gasteiger partial charge >= 0.3 is 6.03 Å². The molecule has 1 spiro atoms. The van der Waals surface area contributed by atoms with E-state index < -0.39 is 0 Å². The van der Waals surface area contributed by atoms with Crippen LogP contribution in [0.15, 0.2) is 30.6 Å². The van der Waals surface area contributed by atoms with Crippen molar-refractivity contribution in [2.24, 2.45) is 5.41 Å². The first-order chi connectivity index (χ1) is 11.2. The molecule has 0 bridgehead atoms. The Kier molecular flexibility index (Phi) is 3.49. The second-order valence-corrected chi connectivity index (χ2v) is 7.02. The highest BCUT2D eigenvalue weighted by Gasteiger charge is 2.43. The van der Waals surface area contributed by atoms with Crippen molar-refractivity contribution >= 4 is 11.5 Å². The highest BCUT2D eigenvalue weighted by atomic mass is 16.2. The van der Waals surface area contributed by atoms with Gasteiger partial charge in [-0.1, -0.05) is 6.07 Å². The monoisotopic (exact) mass is 313 g/mol. The Hall–Kier alpha value is -2.08. The molecule has 0 aromatic carbocycles. The Balaban J connectivity index is 1.37. The van der Waals surface area contributed by atoms with Crippen LogP contribution in [0.4, 0.5) is 4.79 Å². The van der Waals surface area contributed by atoms with Crippen LogP contribution in [0.5, 0.6) is 0 Å². The van der Waals surface area contributed by atoms with Crippen LogP contribution < -0.4 is 5.32 Å². The molecule has 6 nitrogen and oxygen atoms in total. The lowest BCUT2D eigenvalue weighted by Gasteiger charge is -2.23. The Morgan fingerprint density at radius 3 is 3.00 bits per heavy atom. The third-order valence-corrected chi connectivity index (χ3v) is 5.29. The standard InChI is InChI=1S/C17H23N5O/c1-20-8-5-17(12-20)6-9-21(13-17)16(23)18-10-14-11-19-22-7-3-2-4-15(14)22/h2-4,7,11H,5-6,8-10,12-13H2,1H3,(H,18,23). The van der Waals surface area contributed by atoms with E-state index in [1.54, 1.807) is 0 Å². The molecule has 0 radical (unpaired) electrons. The normalized spacial score (nSPS) is 24.8. The molecular formula is C17H23N5O. The highest BCUT2D eigenvalue weighted by Crippen LogP contribution is 2.38. The molecule has 0 aliphatic carbocycles. The number of amides is 2. The van der Waals surface area contributed by atoms with Crippen molar-refractivity contribution < 1.29 is 4.79 Å². The molecule has 1 N–H and O–H groups in total. The van der Waals surface area contributed by atoms with Crippen LogP contribution in [0.25, 0.3) is 5.52 Å². The number of nitrogens with one attached hydrogen (secondary N) is 1. The molecule has 6 heteroatoms. The lowest BCUT2D eigenvalue weighted by molar-refractivity contribution is 0.199. The number of carbonyl (C=O) groups is 1. The number of urea groups is 1. The van der Waals surface area contributed by atoms with Gasteiger partial charge < -0.3 is 15.1 Å². The summed E-state index contributed by atoms with van der Waals surface area (Å²) >= 11 is 0. The zero-order valence-electron chi connectivity index (χ0n) is 13.5. The van der Waals surface area contributed by atoms with Crippen molar-refractivity contribution in [1.29, 1.82) is 0 Å². The van der Waals surface area contributed by atoms with Gasteiger partial charge in [-0.2, -0.15) is 5.10 Å². The van der Waals surface area contributed by atoms with Gasteiger partial charge in [-0.05, 0) is 38.6 Å². The van der Waals surface area contributed by atoms with E-state index >= 15 is 0 Å². The number of hydrogen-bond donors (Lipinski definition) is 1. The second-order valence-electron chi connectivity index (χ2n) is 7.02. The van der Waals surface area contributed by atoms with Crippen molar-refractivity contribution in [3.63, 3.8) is 0 Å². The predicted molar refractivity (Wildman–Crippen MR) is 88.2 cm³/mol. The third kappa shape index (κ3) is 2.67. The molecule has 4 heterocycles. The molecule has 2 aliphatic rings. The second kappa shape index (κ2) is 5.53. The Bertz CT molecular complexity index is 727. The summed E-state index contributed by atoms with van der Waals surface area (Å²) in [5.74, 6) is 0. The number of hydrogen-bond acceptors (Lipinski definition) is 3. The molecule has 0 saturated carbocycles. The molecule has 2 amide bonds. The zero-order valence-corrected chi connectivity index (χ0v) is 13.5. The van der Waals surface area contributed by atoms with Gasteiger partial charge in [0, 0.05) is 43.4 Å². The number of carbonyl (C=O) groups excluding carboxylic acids is 1. The fraction of sp³-hybridized carbons (Fsp3) is 0.529. The first-order valence-electron chi connectivity index (χ1n) is 8.28. The van der Waals surface area contributed by atoms with Crippen LogP contribution in [0.3, 0.4) is 0 Å². The Labute approximate surface area is 136 Å². The van der Waals surface area contributed by atoms with Gasteiger partial charge in [0.2, 0.25) is 0 Å². The largest absolute Gasteiger partial charge is 0.334 e. The van der Waals surface area contributed by atoms with Gasteiger partial charge in [-0.15, -0.1) is 0 Å². The van der Waals surface area contributed by atoms with E-state index in [9.17, 15) is 4.79 Å². The minimum absolute atomic E-state index is 0.0479. The summed E-state index contributed by atoms with van der Waals surface area (Å²) in [6.07, 6.45) is 6.08. The molecule has 23 heavy (non-hydrogen) atoms. The fourth-order valence-corrected chi connectivity index (χ4v) is 4.01. The average molecular weight is 313 g/mol. The molecule has 2 fully saturated rings. The minimum Gasteiger partial charge on any atom is -0.334 e. The SMILES string of the molecule is CN1CCC2(CCN(C(=O)NCc3cnn4ccccc34)C2)C1. The van der Waals surface area contributed by atoms with Gasteiger partial charge in [-0.3, -0.25) is 0 Å². The van der Waals surface area contributed by atoms with Gasteiger partial charge in [0.05, 0.1) is 11.7 Å². The molecule has 122 valence electrons. The average Bonchev–Trinajstić information content (AvgIpc) is 3.25. The quantitative estimate of drug-likeness (QED) is 0.916. The smallest absolute Gasteiger partial charge is 0.317 e. The van der Waals surface area contributed by atoms with E-state index in [0.717, 1.165) is 43.7 Å². The highest BCUT2D eigenvalue weighted by molar-refractivity contribution is 5.75. The van der Waals surface area contributed by atoms with Crippen LogP contribution in [0.1, 0.15) is 18.4 Å². The Morgan fingerprint density at radius 2 is 2.17 bits per heavy atom. The maximum absolute atomic E-state index is 12.5. The van der Waals surface area contributed by atoms with Crippen LogP contribution in [-0.4, -0.2) is 58.7 Å². The number of rotatable bonds is 2. The van der Waals surface area contributed by atoms with E-state index in [2.05, 4.69) is 22.4 Å². The third-order valence-electron chi connectivity index (χ3n) is 5.29. The van der Waals surface area contributed by atoms with Crippen molar-refractivity contribution in [2.75, 3.05) is 33.2 Å². The summed E-state index contributed by atoms with van der Waals surface area (Å²) in [4.78, 5) is 16.8. The Morgan fingerprint density at radius 1 is 1.30 bits per heavy atom. The summed E-state index contributed by atoms with van der Waals surface area (Å²) in [5, 5.41) is 7.36. The maximum atomic E-state index is 12.5. The lowest BCUT2D eigenvalue weighted by atomic mass is 9.86. The van der Waals surface area contributed by atoms with Gasteiger partial charge in [0.1, 0.15) is 0 Å². The molecule has 2 aromatic heterocycles. The first-order valence-corrected chi connectivity index (χ1v) is 8.28. The van der Waals surface area contributed by atoms with E-state index in [0.29, 0.717) is 12.0 Å². The van der Waals surface area contributed by atoms with E-state index in [4.69, 9.17) is 0 Å². The van der Waals surface area contributed by atoms with Crippen molar-refractivity contribution in [3.8, 4) is 0 Å². The van der Waals surface area contributed by atoms with E-state index in [1.165, 1.54) is 6.42 Å². The van der Waals surface area contributed by atoms with Gasteiger partial charge in [-0.25, -0.2) is 9.31 Å². The number of pyridine rings is 1. The van der Waals surface area contributed by atoms with Crippen LogP contribution in [0, 0.1) is 5.41 Å². The number of aromatic nitrogens is 2. The van der Waals surface area contributed by atoms with E-state index in [-0.39, 0.29) is 6.03 Å². The van der Waals surface area contributed by atoms with E-state index in [1.807, 2.05) is 40.0 Å². The maximum Gasteiger partial charge on any atom is 0.317 e. The molecule has 1 atom stereocenters. The topological polar surface area (TPSA) is 52.9 Å². The molecule has 4 rings (SSSR count). The first kappa shape index (κ1) is 14.5. The predicted octanol–water partition coefficient (Wildman–Crippen LogP) is 1.57. The van der Waals surface area contributed by atoms with Crippen LogP contribution >= 0.6 is 0 Å². The summed E-state index contributed by atoms with van der Waals surface area (Å²) in [7, 11) is 2.17. The number of nitrogens with zero attached hydrogens (tertiary/aromatic N) is 4. The summed E-state index contributed by atoms with van der Waals surface area (Å²) in [6, 6.07) is 6.01. The van der Waals surface area contributed by atoms with Crippen molar-refractivity contribution in [3.05, 3.63) is 36.2 Å². The van der Waals surface area contributed by atoms with Crippen molar-refractivity contribution in [2.45, 2.75) is 19.4 Å². The van der Waals surface area contributed by atoms with Crippen LogP contribution in [0.2, 0.25) is 0 Å².